The standard InChI is InChI=1S/C14H21NO3/c1-17-13-4-2-3-11(9-13)14(16)10-18-12-5-7-15-8-6-12/h2-4,9,12,14-16H,5-8,10H2,1H3. The van der Waals surface area contributed by atoms with Gasteiger partial charge in [0.1, 0.15) is 11.9 Å². The van der Waals surface area contributed by atoms with Crippen LogP contribution in [0, 0.1) is 0 Å². The van der Waals surface area contributed by atoms with E-state index in [0.717, 1.165) is 37.2 Å². The lowest BCUT2D eigenvalue weighted by atomic mass is 10.1. The molecule has 0 bridgehead atoms. The van der Waals surface area contributed by atoms with Crippen molar-refractivity contribution in [1.82, 2.24) is 5.32 Å². The van der Waals surface area contributed by atoms with Crippen molar-refractivity contribution in [2.75, 3.05) is 26.8 Å². The smallest absolute Gasteiger partial charge is 0.119 e. The monoisotopic (exact) mass is 251 g/mol. The highest BCUT2D eigenvalue weighted by Crippen LogP contribution is 2.20. The highest BCUT2D eigenvalue weighted by atomic mass is 16.5. The average Bonchev–Trinajstić information content (AvgIpc) is 2.46. The summed E-state index contributed by atoms with van der Waals surface area (Å²) in [6.45, 7) is 2.34. The minimum Gasteiger partial charge on any atom is -0.497 e. The first-order valence-corrected chi connectivity index (χ1v) is 6.44. The maximum atomic E-state index is 10.1. The van der Waals surface area contributed by atoms with Crippen LogP contribution in [-0.2, 0) is 4.74 Å². The van der Waals surface area contributed by atoms with Crippen LogP contribution < -0.4 is 10.1 Å². The quantitative estimate of drug-likeness (QED) is 0.832. The van der Waals surface area contributed by atoms with Gasteiger partial charge in [-0.15, -0.1) is 0 Å². The van der Waals surface area contributed by atoms with E-state index >= 15 is 0 Å². The SMILES string of the molecule is COc1cccc(C(O)COC2CCNCC2)c1. The molecule has 1 atom stereocenters. The molecule has 0 radical (unpaired) electrons. The van der Waals surface area contributed by atoms with E-state index in [1.165, 1.54) is 0 Å². The summed E-state index contributed by atoms with van der Waals surface area (Å²) in [6, 6.07) is 7.47. The number of piperidine rings is 1. The van der Waals surface area contributed by atoms with Crippen molar-refractivity contribution in [2.45, 2.75) is 25.0 Å². The number of hydrogen-bond acceptors (Lipinski definition) is 4. The van der Waals surface area contributed by atoms with Gasteiger partial charge in [-0.3, -0.25) is 0 Å². The van der Waals surface area contributed by atoms with Gasteiger partial charge in [0.25, 0.3) is 0 Å². The summed E-state index contributed by atoms with van der Waals surface area (Å²) in [6.07, 6.45) is 1.72. The Labute approximate surface area is 108 Å². The molecule has 0 amide bonds. The molecule has 1 heterocycles. The topological polar surface area (TPSA) is 50.7 Å². The second-order valence-electron chi connectivity index (χ2n) is 4.58. The molecule has 1 aliphatic heterocycles. The molecule has 100 valence electrons. The number of benzene rings is 1. The van der Waals surface area contributed by atoms with Crippen molar-refractivity contribution < 1.29 is 14.6 Å². The lowest BCUT2D eigenvalue weighted by molar-refractivity contribution is -0.0218. The van der Waals surface area contributed by atoms with Gasteiger partial charge in [0.05, 0.1) is 19.8 Å². The summed E-state index contributed by atoms with van der Waals surface area (Å²) in [5.74, 6) is 0.758. The number of methoxy groups -OCH3 is 1. The Bertz CT molecular complexity index is 364. The van der Waals surface area contributed by atoms with E-state index in [0.29, 0.717) is 6.61 Å². The van der Waals surface area contributed by atoms with Crippen LogP contribution in [0.4, 0.5) is 0 Å². The van der Waals surface area contributed by atoms with Gasteiger partial charge in [-0.2, -0.15) is 0 Å². The fraction of sp³-hybridized carbons (Fsp3) is 0.571. The van der Waals surface area contributed by atoms with Gasteiger partial charge in [-0.05, 0) is 43.6 Å². The van der Waals surface area contributed by atoms with Crippen LogP contribution in [0.15, 0.2) is 24.3 Å². The van der Waals surface area contributed by atoms with Gasteiger partial charge in [0.15, 0.2) is 0 Å². The number of nitrogens with one attached hydrogen (secondary N) is 1. The minimum atomic E-state index is -0.588. The molecule has 0 aliphatic carbocycles. The lowest BCUT2D eigenvalue weighted by Gasteiger charge is -2.24. The molecule has 1 aromatic rings. The third kappa shape index (κ3) is 3.70. The third-order valence-electron chi connectivity index (χ3n) is 3.25. The molecular weight excluding hydrogens is 230 g/mol. The Morgan fingerprint density at radius 1 is 1.39 bits per heavy atom. The van der Waals surface area contributed by atoms with Crippen molar-refractivity contribution in [3.8, 4) is 5.75 Å². The number of aliphatic hydroxyl groups excluding tert-OH is 1. The summed E-state index contributed by atoms with van der Waals surface area (Å²) in [4.78, 5) is 0. The number of hydrogen-bond donors (Lipinski definition) is 2. The van der Waals surface area contributed by atoms with Gasteiger partial charge in [-0.25, -0.2) is 0 Å². The molecule has 0 saturated carbocycles. The van der Waals surface area contributed by atoms with E-state index < -0.39 is 6.10 Å². The molecular formula is C14H21NO3. The van der Waals surface area contributed by atoms with Crippen molar-refractivity contribution >= 4 is 0 Å². The second kappa shape index (κ2) is 6.73. The van der Waals surface area contributed by atoms with E-state index in [-0.39, 0.29) is 6.10 Å². The first kappa shape index (κ1) is 13.3. The van der Waals surface area contributed by atoms with Crippen molar-refractivity contribution in [3.63, 3.8) is 0 Å². The zero-order chi connectivity index (χ0) is 12.8. The van der Waals surface area contributed by atoms with Crippen LogP contribution in [0.25, 0.3) is 0 Å². The van der Waals surface area contributed by atoms with Crippen LogP contribution in [0.2, 0.25) is 0 Å². The average molecular weight is 251 g/mol. The predicted molar refractivity (Wildman–Crippen MR) is 69.8 cm³/mol. The van der Waals surface area contributed by atoms with E-state index in [2.05, 4.69) is 5.32 Å². The maximum absolute atomic E-state index is 10.1. The molecule has 1 unspecified atom stereocenters. The molecule has 4 nitrogen and oxygen atoms in total. The van der Waals surface area contributed by atoms with Crippen LogP contribution >= 0.6 is 0 Å². The Morgan fingerprint density at radius 2 is 2.17 bits per heavy atom. The second-order valence-corrected chi connectivity index (χ2v) is 4.58. The summed E-state index contributed by atoms with van der Waals surface area (Å²) in [5.41, 5.74) is 0.836. The van der Waals surface area contributed by atoms with Crippen molar-refractivity contribution in [1.29, 1.82) is 0 Å². The normalized spacial score (nSPS) is 18.6. The Morgan fingerprint density at radius 3 is 2.89 bits per heavy atom. The molecule has 4 heteroatoms. The Hall–Kier alpha value is -1.10. The molecule has 0 spiro atoms. The molecule has 1 saturated heterocycles. The molecule has 18 heavy (non-hydrogen) atoms. The van der Waals surface area contributed by atoms with Gasteiger partial charge in [0, 0.05) is 0 Å². The first-order valence-electron chi connectivity index (χ1n) is 6.44. The Balaban J connectivity index is 1.84. The van der Waals surface area contributed by atoms with E-state index in [4.69, 9.17) is 9.47 Å². The summed E-state index contributed by atoms with van der Waals surface area (Å²) in [5, 5.41) is 13.4. The highest BCUT2D eigenvalue weighted by Gasteiger charge is 2.16. The fourth-order valence-corrected chi connectivity index (χ4v) is 2.13. The summed E-state index contributed by atoms with van der Waals surface area (Å²) >= 11 is 0. The molecule has 1 aliphatic rings. The van der Waals surface area contributed by atoms with E-state index in [9.17, 15) is 5.11 Å². The van der Waals surface area contributed by atoms with Gasteiger partial charge >= 0.3 is 0 Å². The molecule has 1 fully saturated rings. The maximum Gasteiger partial charge on any atom is 0.119 e. The molecule has 0 aromatic heterocycles. The summed E-state index contributed by atoms with van der Waals surface area (Å²) in [7, 11) is 1.62. The van der Waals surface area contributed by atoms with Gasteiger partial charge in [-0.1, -0.05) is 12.1 Å². The number of rotatable bonds is 5. The van der Waals surface area contributed by atoms with Crippen LogP contribution in [-0.4, -0.2) is 38.0 Å². The Kier molecular flexibility index (Phi) is 4.99. The zero-order valence-electron chi connectivity index (χ0n) is 10.8. The van der Waals surface area contributed by atoms with Gasteiger partial charge in [0.2, 0.25) is 0 Å². The summed E-state index contributed by atoms with van der Waals surface area (Å²) < 4.78 is 10.9. The predicted octanol–water partition coefficient (Wildman–Crippen LogP) is 1.50. The highest BCUT2D eigenvalue weighted by molar-refractivity contribution is 5.29. The minimum absolute atomic E-state index is 0.270. The van der Waals surface area contributed by atoms with E-state index in [1.807, 2.05) is 24.3 Å². The van der Waals surface area contributed by atoms with Crippen LogP contribution in [0.1, 0.15) is 24.5 Å². The third-order valence-corrected chi connectivity index (χ3v) is 3.25. The molecule has 2 N–H and O–H groups in total. The van der Waals surface area contributed by atoms with Crippen LogP contribution in [0.3, 0.4) is 0 Å². The van der Waals surface area contributed by atoms with Crippen molar-refractivity contribution in [3.05, 3.63) is 29.8 Å². The zero-order valence-corrected chi connectivity index (χ0v) is 10.8. The number of aliphatic hydroxyl groups is 1. The lowest BCUT2D eigenvalue weighted by Crippen LogP contribution is -2.33. The largest absolute Gasteiger partial charge is 0.497 e. The van der Waals surface area contributed by atoms with E-state index in [1.54, 1.807) is 7.11 Å². The van der Waals surface area contributed by atoms with Crippen LogP contribution in [0.5, 0.6) is 5.75 Å². The fourth-order valence-electron chi connectivity index (χ4n) is 2.13. The molecule has 2 rings (SSSR count). The van der Waals surface area contributed by atoms with Gasteiger partial charge < -0.3 is 19.9 Å². The molecule has 1 aromatic carbocycles. The first-order chi connectivity index (χ1) is 8.79. The number of ether oxygens (including phenoxy) is 2. The van der Waals surface area contributed by atoms with Crippen molar-refractivity contribution in [2.24, 2.45) is 0 Å².